The third-order valence-electron chi connectivity index (χ3n) is 2.96. The molecular weight excluding hydrogens is 208 g/mol. The second-order valence-electron chi connectivity index (χ2n) is 3.91. The average molecular weight is 220 g/mol. The smallest absolute Gasteiger partial charge is 0.319 e. The number of hydrogen-bond acceptors (Lipinski definition) is 3. The summed E-state index contributed by atoms with van der Waals surface area (Å²) in [5.41, 5.74) is -1.24. The maximum absolute atomic E-state index is 11.8. The van der Waals surface area contributed by atoms with Crippen molar-refractivity contribution in [1.82, 2.24) is 4.98 Å². The summed E-state index contributed by atoms with van der Waals surface area (Å²) in [5, 5.41) is 11.6. The van der Waals surface area contributed by atoms with Gasteiger partial charge >= 0.3 is 5.97 Å². The molecule has 1 aromatic heterocycles. The van der Waals surface area contributed by atoms with E-state index in [0.717, 1.165) is 6.42 Å². The highest BCUT2D eigenvalue weighted by atomic mass is 16.4. The lowest BCUT2D eigenvalue weighted by Gasteiger charge is -2.35. The Morgan fingerprint density at radius 1 is 1.38 bits per heavy atom. The summed E-state index contributed by atoms with van der Waals surface area (Å²) < 4.78 is 0. The second-order valence-corrected chi connectivity index (χ2v) is 3.91. The molecule has 0 aliphatic heterocycles. The third kappa shape index (κ3) is 1.64. The molecule has 1 fully saturated rings. The predicted octanol–water partition coefficient (Wildman–Crippen LogP) is 1.27. The number of nitrogens with zero attached hydrogens (tertiary/aromatic N) is 1. The van der Waals surface area contributed by atoms with E-state index in [9.17, 15) is 9.59 Å². The largest absolute Gasteiger partial charge is 0.480 e. The molecule has 2 N–H and O–H groups in total. The summed E-state index contributed by atoms with van der Waals surface area (Å²) in [6.45, 7) is 0. The Labute approximate surface area is 92.5 Å². The van der Waals surface area contributed by atoms with Crippen LogP contribution in [0.4, 0.5) is 5.82 Å². The van der Waals surface area contributed by atoms with Gasteiger partial charge in [0, 0.05) is 6.20 Å². The zero-order valence-electron chi connectivity index (χ0n) is 8.64. The van der Waals surface area contributed by atoms with Crippen LogP contribution in [-0.4, -0.2) is 22.0 Å². The first kappa shape index (κ1) is 10.6. The van der Waals surface area contributed by atoms with Crippen LogP contribution in [0.3, 0.4) is 0 Å². The number of rotatable bonds is 3. The van der Waals surface area contributed by atoms with Gasteiger partial charge in [0.1, 0.15) is 11.2 Å². The molecule has 0 spiro atoms. The molecule has 84 valence electrons. The fraction of sp³-hybridized carbons (Fsp3) is 0.364. The van der Waals surface area contributed by atoms with Gasteiger partial charge in [0.2, 0.25) is 5.91 Å². The lowest BCUT2D eigenvalue weighted by molar-refractivity contribution is -0.159. The first-order valence-electron chi connectivity index (χ1n) is 5.11. The van der Waals surface area contributed by atoms with Crippen molar-refractivity contribution in [3.05, 3.63) is 24.4 Å². The number of nitrogens with one attached hydrogen (secondary N) is 1. The molecule has 5 nitrogen and oxygen atoms in total. The van der Waals surface area contributed by atoms with Crippen LogP contribution in [0.1, 0.15) is 19.3 Å². The fourth-order valence-electron chi connectivity index (χ4n) is 1.74. The van der Waals surface area contributed by atoms with Crippen LogP contribution in [-0.2, 0) is 9.59 Å². The van der Waals surface area contributed by atoms with E-state index in [1.165, 1.54) is 0 Å². The number of carboxylic acid groups (broad SMARTS) is 1. The molecule has 0 bridgehead atoms. The summed E-state index contributed by atoms with van der Waals surface area (Å²) in [6.07, 6.45) is 3.13. The Balaban J connectivity index is 2.11. The molecule has 5 heteroatoms. The summed E-state index contributed by atoms with van der Waals surface area (Å²) in [7, 11) is 0. The maximum atomic E-state index is 11.8. The molecular formula is C11H12N2O3. The molecule has 0 radical (unpaired) electrons. The van der Waals surface area contributed by atoms with E-state index in [1.807, 2.05) is 0 Å². The Hall–Kier alpha value is -1.91. The number of aliphatic carboxylic acids is 1. The molecule has 0 unspecified atom stereocenters. The van der Waals surface area contributed by atoms with Crippen molar-refractivity contribution in [3.8, 4) is 0 Å². The highest BCUT2D eigenvalue weighted by Gasteiger charge is 2.51. The normalized spacial score (nSPS) is 17.2. The van der Waals surface area contributed by atoms with Gasteiger partial charge in [0.25, 0.3) is 0 Å². The Kier molecular flexibility index (Phi) is 2.60. The van der Waals surface area contributed by atoms with Crippen molar-refractivity contribution in [2.24, 2.45) is 5.41 Å². The molecule has 16 heavy (non-hydrogen) atoms. The van der Waals surface area contributed by atoms with Crippen LogP contribution in [0.15, 0.2) is 24.4 Å². The fourth-order valence-corrected chi connectivity index (χ4v) is 1.74. The minimum atomic E-state index is -1.24. The van der Waals surface area contributed by atoms with Crippen LogP contribution in [0, 0.1) is 5.41 Å². The van der Waals surface area contributed by atoms with Gasteiger partial charge in [-0.25, -0.2) is 4.98 Å². The number of carbonyl (C=O) groups excluding carboxylic acids is 1. The van der Waals surface area contributed by atoms with E-state index >= 15 is 0 Å². The van der Waals surface area contributed by atoms with Gasteiger partial charge in [-0.2, -0.15) is 0 Å². The first-order chi connectivity index (χ1) is 7.65. The van der Waals surface area contributed by atoms with E-state index < -0.39 is 17.3 Å². The quantitative estimate of drug-likeness (QED) is 0.752. The Morgan fingerprint density at radius 2 is 2.12 bits per heavy atom. The minimum Gasteiger partial charge on any atom is -0.480 e. The predicted molar refractivity (Wildman–Crippen MR) is 56.8 cm³/mol. The van der Waals surface area contributed by atoms with Crippen molar-refractivity contribution in [2.45, 2.75) is 19.3 Å². The lowest BCUT2D eigenvalue weighted by atomic mass is 9.68. The van der Waals surface area contributed by atoms with E-state index in [2.05, 4.69) is 10.3 Å². The zero-order valence-corrected chi connectivity index (χ0v) is 8.64. The molecule has 1 aliphatic carbocycles. The number of carbonyl (C=O) groups is 2. The maximum Gasteiger partial charge on any atom is 0.319 e. The number of pyridine rings is 1. The van der Waals surface area contributed by atoms with Crippen LogP contribution >= 0.6 is 0 Å². The lowest BCUT2D eigenvalue weighted by Crippen LogP contribution is -2.48. The van der Waals surface area contributed by atoms with Crippen molar-refractivity contribution in [1.29, 1.82) is 0 Å². The molecule has 1 heterocycles. The van der Waals surface area contributed by atoms with Gasteiger partial charge in [0.05, 0.1) is 0 Å². The first-order valence-corrected chi connectivity index (χ1v) is 5.11. The average Bonchev–Trinajstić information content (AvgIpc) is 2.16. The molecule has 1 aliphatic rings. The Morgan fingerprint density at radius 3 is 2.56 bits per heavy atom. The number of carboxylic acids is 1. The molecule has 1 amide bonds. The number of hydrogen-bond donors (Lipinski definition) is 2. The zero-order chi connectivity index (χ0) is 11.6. The van der Waals surface area contributed by atoms with Gasteiger partial charge in [-0.1, -0.05) is 12.5 Å². The molecule has 0 saturated heterocycles. The van der Waals surface area contributed by atoms with Crippen LogP contribution in [0.2, 0.25) is 0 Å². The topological polar surface area (TPSA) is 79.3 Å². The van der Waals surface area contributed by atoms with Crippen molar-refractivity contribution in [2.75, 3.05) is 5.32 Å². The summed E-state index contributed by atoms with van der Waals surface area (Å²) in [4.78, 5) is 26.8. The van der Waals surface area contributed by atoms with Crippen LogP contribution in [0.5, 0.6) is 0 Å². The van der Waals surface area contributed by atoms with E-state index in [0.29, 0.717) is 18.7 Å². The Bertz CT molecular complexity index is 412. The summed E-state index contributed by atoms with van der Waals surface area (Å²) in [6, 6.07) is 5.09. The number of aromatic nitrogens is 1. The van der Waals surface area contributed by atoms with Gasteiger partial charge in [0.15, 0.2) is 0 Å². The second kappa shape index (κ2) is 3.92. The van der Waals surface area contributed by atoms with E-state index in [-0.39, 0.29) is 0 Å². The van der Waals surface area contributed by atoms with Gasteiger partial charge < -0.3 is 10.4 Å². The number of amides is 1. The summed E-state index contributed by atoms with van der Waals surface area (Å²) >= 11 is 0. The monoisotopic (exact) mass is 220 g/mol. The summed E-state index contributed by atoms with van der Waals surface area (Å²) in [5.74, 6) is -1.13. The van der Waals surface area contributed by atoms with E-state index in [1.54, 1.807) is 24.4 Å². The molecule has 1 aromatic rings. The molecule has 0 aromatic carbocycles. The molecule has 1 saturated carbocycles. The van der Waals surface area contributed by atoms with Crippen molar-refractivity contribution in [3.63, 3.8) is 0 Å². The van der Waals surface area contributed by atoms with E-state index in [4.69, 9.17) is 5.11 Å². The SMILES string of the molecule is O=C(O)C1(C(=O)Nc2ccccn2)CCC1. The van der Waals surface area contributed by atoms with Gasteiger partial charge in [-0.05, 0) is 25.0 Å². The highest BCUT2D eigenvalue weighted by molar-refractivity contribution is 6.08. The molecule has 0 atom stereocenters. The number of anilines is 1. The molecule has 2 rings (SSSR count). The van der Waals surface area contributed by atoms with Gasteiger partial charge in [-0.3, -0.25) is 9.59 Å². The van der Waals surface area contributed by atoms with Gasteiger partial charge in [-0.15, -0.1) is 0 Å². The minimum absolute atomic E-state index is 0.389. The van der Waals surface area contributed by atoms with Crippen molar-refractivity contribution < 1.29 is 14.7 Å². The highest BCUT2D eigenvalue weighted by Crippen LogP contribution is 2.42. The van der Waals surface area contributed by atoms with Crippen LogP contribution < -0.4 is 5.32 Å². The standard InChI is InChI=1S/C11H12N2O3/c14-9(11(10(15)16)5-3-6-11)13-8-4-1-2-7-12-8/h1-2,4,7H,3,5-6H2,(H,15,16)(H,12,13,14). The third-order valence-corrected chi connectivity index (χ3v) is 2.96. The van der Waals surface area contributed by atoms with Crippen molar-refractivity contribution >= 4 is 17.7 Å². The van der Waals surface area contributed by atoms with Crippen LogP contribution in [0.25, 0.3) is 0 Å².